The van der Waals surface area contributed by atoms with E-state index in [4.69, 9.17) is 19.2 Å². The minimum absolute atomic E-state index is 0.439. The first-order valence-electron chi connectivity index (χ1n) is 10.7. The van der Waals surface area contributed by atoms with Gasteiger partial charge in [0, 0.05) is 56.5 Å². The van der Waals surface area contributed by atoms with E-state index < -0.39 is 0 Å². The molecule has 2 rings (SSSR count). The molecule has 1 saturated heterocycles. The highest BCUT2D eigenvalue weighted by Gasteiger charge is 2.20. The number of benzene rings is 1. The number of piperidine rings is 1. The molecule has 0 spiro atoms. The number of nitrogens with one attached hydrogen (secondary N) is 2. The van der Waals surface area contributed by atoms with Gasteiger partial charge in [0.25, 0.3) is 0 Å². The van der Waals surface area contributed by atoms with Gasteiger partial charge in [-0.05, 0) is 33.1 Å². The Morgan fingerprint density at radius 1 is 1.13 bits per heavy atom. The average molecular weight is 419 g/mol. The van der Waals surface area contributed by atoms with E-state index in [1.165, 1.54) is 5.57 Å². The average Bonchev–Trinajstić information content (AvgIpc) is 2.74. The van der Waals surface area contributed by atoms with Crippen LogP contribution in [0.3, 0.4) is 0 Å². The highest BCUT2D eigenvalue weighted by atomic mass is 16.5. The second-order valence-electron chi connectivity index (χ2n) is 7.67. The van der Waals surface area contributed by atoms with Crippen molar-refractivity contribution in [2.24, 2.45) is 4.99 Å². The minimum Gasteiger partial charge on any atom is -0.496 e. The predicted molar refractivity (Wildman–Crippen MR) is 123 cm³/mol. The molecule has 0 saturated carbocycles. The van der Waals surface area contributed by atoms with Crippen molar-refractivity contribution in [2.75, 3.05) is 54.1 Å². The van der Waals surface area contributed by atoms with Gasteiger partial charge in [0.2, 0.25) is 0 Å². The number of nitrogens with zero attached hydrogens (tertiary/aromatic N) is 2. The number of aliphatic imine (C=N–C) groups is 1. The van der Waals surface area contributed by atoms with Gasteiger partial charge in [-0.2, -0.15) is 0 Å². The van der Waals surface area contributed by atoms with E-state index >= 15 is 0 Å². The third-order valence-electron chi connectivity index (χ3n) is 5.21. The fraction of sp³-hybridized carbons (Fsp3) is 0.609. The summed E-state index contributed by atoms with van der Waals surface area (Å²) in [5.41, 5.74) is 2.22. The predicted octanol–water partition coefficient (Wildman–Crippen LogP) is 2.85. The van der Waals surface area contributed by atoms with Gasteiger partial charge in [-0.25, -0.2) is 0 Å². The molecule has 0 radical (unpaired) electrons. The third kappa shape index (κ3) is 7.13. The van der Waals surface area contributed by atoms with Crippen LogP contribution in [0, 0.1) is 0 Å². The highest BCUT2D eigenvalue weighted by molar-refractivity contribution is 5.80. The lowest BCUT2D eigenvalue weighted by Gasteiger charge is -2.33. The summed E-state index contributed by atoms with van der Waals surface area (Å²) in [5.74, 6) is 3.08. The second kappa shape index (κ2) is 12.3. The Morgan fingerprint density at radius 3 is 2.27 bits per heavy atom. The van der Waals surface area contributed by atoms with Gasteiger partial charge in [0.1, 0.15) is 17.2 Å². The Bertz CT molecular complexity index is 687. The van der Waals surface area contributed by atoms with E-state index in [1.54, 1.807) is 21.3 Å². The summed E-state index contributed by atoms with van der Waals surface area (Å²) in [5, 5.41) is 6.96. The molecule has 1 heterocycles. The van der Waals surface area contributed by atoms with Gasteiger partial charge in [0.05, 0.1) is 21.3 Å². The lowest BCUT2D eigenvalue weighted by Crippen LogP contribution is -2.49. The molecular weight excluding hydrogens is 380 g/mol. The number of likely N-dealkylation sites (tertiary alicyclic amines) is 1. The van der Waals surface area contributed by atoms with Crippen LogP contribution in [0.4, 0.5) is 0 Å². The molecule has 0 aliphatic carbocycles. The van der Waals surface area contributed by atoms with Gasteiger partial charge in [0.15, 0.2) is 5.96 Å². The standard InChI is InChI=1S/C23H38N4O3/c1-7-24-23(26-18-9-12-27(13-10-18)16-17(2)3)25-11-8-20-21(29-5)14-19(28-4)15-22(20)30-6/h14-15,18H,2,7-13,16H2,1,3-6H3,(H2,24,25,26). The quantitative estimate of drug-likeness (QED) is 0.346. The van der Waals surface area contributed by atoms with Crippen LogP contribution in [0.15, 0.2) is 29.3 Å². The van der Waals surface area contributed by atoms with Crippen LogP contribution in [0.5, 0.6) is 17.2 Å². The molecule has 7 nitrogen and oxygen atoms in total. The number of methoxy groups -OCH3 is 3. The molecule has 0 aromatic heterocycles. The Balaban J connectivity index is 1.98. The molecule has 1 fully saturated rings. The summed E-state index contributed by atoms with van der Waals surface area (Å²) in [7, 11) is 4.95. The molecule has 30 heavy (non-hydrogen) atoms. The number of hydrogen-bond acceptors (Lipinski definition) is 5. The minimum atomic E-state index is 0.439. The van der Waals surface area contributed by atoms with Crippen molar-refractivity contribution in [1.29, 1.82) is 0 Å². The number of ether oxygens (including phenoxy) is 3. The third-order valence-corrected chi connectivity index (χ3v) is 5.21. The summed E-state index contributed by atoms with van der Waals surface area (Å²) in [4.78, 5) is 7.25. The van der Waals surface area contributed by atoms with E-state index in [0.717, 1.165) is 62.0 Å². The highest BCUT2D eigenvalue weighted by Crippen LogP contribution is 2.34. The second-order valence-corrected chi connectivity index (χ2v) is 7.67. The Hall–Kier alpha value is -2.41. The molecule has 1 aliphatic heterocycles. The number of hydrogen-bond donors (Lipinski definition) is 2. The van der Waals surface area contributed by atoms with E-state index in [9.17, 15) is 0 Å². The molecule has 2 N–H and O–H groups in total. The van der Waals surface area contributed by atoms with Gasteiger partial charge in [-0.1, -0.05) is 12.2 Å². The van der Waals surface area contributed by atoms with Crippen molar-refractivity contribution < 1.29 is 14.2 Å². The van der Waals surface area contributed by atoms with Crippen LogP contribution in [-0.4, -0.2) is 71.0 Å². The van der Waals surface area contributed by atoms with E-state index in [2.05, 4.69) is 36.0 Å². The number of rotatable bonds is 10. The zero-order chi connectivity index (χ0) is 21.9. The van der Waals surface area contributed by atoms with Crippen LogP contribution in [0.2, 0.25) is 0 Å². The largest absolute Gasteiger partial charge is 0.496 e. The summed E-state index contributed by atoms with van der Waals surface area (Å²) >= 11 is 0. The molecule has 0 unspecified atom stereocenters. The SMILES string of the molecule is C=C(C)CN1CCC(NC(=NCCc2c(OC)cc(OC)cc2OC)NCC)CC1. The van der Waals surface area contributed by atoms with Crippen molar-refractivity contribution in [3.63, 3.8) is 0 Å². The lowest BCUT2D eigenvalue weighted by atomic mass is 10.0. The molecule has 1 aromatic rings. The molecule has 7 heteroatoms. The molecule has 0 bridgehead atoms. The van der Waals surface area contributed by atoms with Gasteiger partial charge < -0.3 is 24.8 Å². The van der Waals surface area contributed by atoms with Crippen molar-refractivity contribution in [1.82, 2.24) is 15.5 Å². The zero-order valence-electron chi connectivity index (χ0n) is 19.2. The zero-order valence-corrected chi connectivity index (χ0v) is 19.2. The Labute approximate surface area is 181 Å². The molecular formula is C23H38N4O3. The van der Waals surface area contributed by atoms with Gasteiger partial charge >= 0.3 is 0 Å². The van der Waals surface area contributed by atoms with Crippen LogP contribution >= 0.6 is 0 Å². The van der Waals surface area contributed by atoms with Crippen molar-refractivity contribution in [2.45, 2.75) is 39.2 Å². The van der Waals surface area contributed by atoms with Crippen LogP contribution in [0.1, 0.15) is 32.3 Å². The van der Waals surface area contributed by atoms with Crippen LogP contribution < -0.4 is 24.8 Å². The molecule has 168 valence electrons. The lowest BCUT2D eigenvalue weighted by molar-refractivity contribution is 0.221. The molecule has 0 atom stereocenters. The fourth-order valence-electron chi connectivity index (χ4n) is 3.73. The maximum absolute atomic E-state index is 5.54. The van der Waals surface area contributed by atoms with Gasteiger partial charge in [-0.15, -0.1) is 0 Å². The summed E-state index contributed by atoms with van der Waals surface area (Å²) in [6.07, 6.45) is 2.93. The van der Waals surface area contributed by atoms with Crippen molar-refractivity contribution >= 4 is 5.96 Å². The molecule has 0 amide bonds. The van der Waals surface area contributed by atoms with Crippen molar-refractivity contribution in [3.05, 3.63) is 29.8 Å². The van der Waals surface area contributed by atoms with E-state index in [1.807, 2.05) is 12.1 Å². The smallest absolute Gasteiger partial charge is 0.191 e. The Morgan fingerprint density at radius 2 is 1.77 bits per heavy atom. The van der Waals surface area contributed by atoms with Crippen LogP contribution in [-0.2, 0) is 6.42 Å². The summed E-state index contributed by atoms with van der Waals surface area (Å²) in [6, 6.07) is 4.20. The maximum Gasteiger partial charge on any atom is 0.191 e. The Kier molecular flexibility index (Phi) is 9.80. The van der Waals surface area contributed by atoms with E-state index in [-0.39, 0.29) is 0 Å². The first kappa shape index (κ1) is 23.9. The summed E-state index contributed by atoms with van der Waals surface area (Å²) < 4.78 is 16.4. The molecule has 1 aliphatic rings. The first-order valence-corrected chi connectivity index (χ1v) is 10.7. The topological polar surface area (TPSA) is 67.4 Å². The van der Waals surface area contributed by atoms with Gasteiger partial charge in [-0.3, -0.25) is 9.89 Å². The van der Waals surface area contributed by atoms with Crippen LogP contribution in [0.25, 0.3) is 0 Å². The molecule has 1 aromatic carbocycles. The normalized spacial score (nSPS) is 15.6. The number of guanidine groups is 1. The first-order chi connectivity index (χ1) is 14.5. The monoisotopic (exact) mass is 418 g/mol. The fourth-order valence-corrected chi connectivity index (χ4v) is 3.73. The maximum atomic E-state index is 5.54. The summed E-state index contributed by atoms with van der Waals surface area (Å²) in [6.45, 7) is 12.8. The van der Waals surface area contributed by atoms with E-state index in [0.29, 0.717) is 24.8 Å². The van der Waals surface area contributed by atoms with Crippen molar-refractivity contribution in [3.8, 4) is 17.2 Å².